The summed E-state index contributed by atoms with van der Waals surface area (Å²) in [7, 11) is 0. The van der Waals surface area contributed by atoms with Gasteiger partial charge in [-0.25, -0.2) is 9.18 Å². The SMILES string of the molecule is CC(C)(O)C(=O)[C@@]1(O)CC[C@H]2[C@@H]3CCC4=CC(=O)CC[C@]4(C)[C@H]3[C@@H](O)C[C@@]21C.Cc1c(F)c(N2CCCC[C@@H](N)C2)c(Cl)c2c1c(=O)c(C(=O)O)c(C)n2C1CC1. The number of aryl methyl sites for hydroxylation is 1. The molecule has 312 valence electrons. The molecular weight excluding hydrogens is 753 g/mol. The zero-order valence-corrected chi connectivity index (χ0v) is 34.8. The van der Waals surface area contributed by atoms with Crippen molar-refractivity contribution < 1.29 is 39.2 Å². The van der Waals surface area contributed by atoms with E-state index in [-0.39, 0.29) is 68.3 Å². The molecule has 5 aliphatic carbocycles. The number of aliphatic hydroxyl groups is 3. The predicted octanol–water partition coefficient (Wildman–Crippen LogP) is 6.32. The summed E-state index contributed by atoms with van der Waals surface area (Å²) in [6.07, 6.45) is 10.1. The Balaban J connectivity index is 0.000000174. The molecular formula is C44H59ClFN3O8. The van der Waals surface area contributed by atoms with Gasteiger partial charge in [0.05, 0.1) is 27.7 Å². The number of halogens is 2. The Hall–Kier alpha value is -3.16. The molecule has 13 heteroatoms. The van der Waals surface area contributed by atoms with E-state index in [1.54, 1.807) is 6.92 Å². The number of hydrogen-bond acceptors (Lipinski definition) is 9. The minimum Gasteiger partial charge on any atom is -0.477 e. The molecule has 1 aromatic carbocycles. The lowest BCUT2D eigenvalue weighted by Gasteiger charge is -2.60. The highest BCUT2D eigenvalue weighted by Crippen LogP contribution is 2.68. The summed E-state index contributed by atoms with van der Waals surface area (Å²) in [5.41, 5.74) is 3.43. The van der Waals surface area contributed by atoms with Crippen LogP contribution in [0.2, 0.25) is 5.02 Å². The zero-order valence-electron chi connectivity index (χ0n) is 34.1. The van der Waals surface area contributed by atoms with Crippen LogP contribution in [0.5, 0.6) is 0 Å². The molecule has 5 fully saturated rings. The number of aromatic nitrogens is 1. The van der Waals surface area contributed by atoms with Crippen molar-refractivity contribution in [1.29, 1.82) is 0 Å². The number of anilines is 1. The van der Waals surface area contributed by atoms with Gasteiger partial charge in [0.2, 0.25) is 5.43 Å². The lowest BCUT2D eigenvalue weighted by atomic mass is 9.45. The number of ketones is 2. The second-order valence-electron chi connectivity index (χ2n) is 19.1. The first-order valence-electron chi connectivity index (χ1n) is 20.8. The van der Waals surface area contributed by atoms with E-state index in [4.69, 9.17) is 17.3 Å². The number of carbonyl (C=O) groups excluding carboxylic acids is 2. The number of nitrogens with zero attached hydrogens (tertiary/aromatic N) is 2. The summed E-state index contributed by atoms with van der Waals surface area (Å²) >= 11 is 6.78. The molecule has 6 aliphatic rings. The second-order valence-corrected chi connectivity index (χ2v) is 19.5. The number of aromatic carboxylic acids is 1. The quantitative estimate of drug-likeness (QED) is 0.229. The fourth-order valence-corrected chi connectivity index (χ4v) is 12.5. The van der Waals surface area contributed by atoms with Gasteiger partial charge in [0, 0.05) is 48.3 Å². The number of pyridine rings is 1. The van der Waals surface area contributed by atoms with Crippen molar-refractivity contribution in [2.75, 3.05) is 18.0 Å². The van der Waals surface area contributed by atoms with Gasteiger partial charge in [0.25, 0.3) is 0 Å². The lowest BCUT2D eigenvalue weighted by Crippen LogP contribution is -2.64. The van der Waals surface area contributed by atoms with E-state index < -0.39 is 45.7 Å². The first-order valence-corrected chi connectivity index (χ1v) is 21.2. The largest absolute Gasteiger partial charge is 0.477 e. The molecule has 2 aromatic rings. The molecule has 8 atom stereocenters. The normalized spacial score (nSPS) is 34.0. The van der Waals surface area contributed by atoms with Crippen LogP contribution in [-0.4, -0.2) is 79.0 Å². The number of Topliss-reactive ketones (excluding diaryl/α,β-unsaturated/α-hetero) is 1. The summed E-state index contributed by atoms with van der Waals surface area (Å²) in [6.45, 7) is 11.3. The van der Waals surface area contributed by atoms with Crippen LogP contribution in [0.25, 0.3) is 10.9 Å². The van der Waals surface area contributed by atoms with Crippen molar-refractivity contribution in [2.45, 2.75) is 148 Å². The van der Waals surface area contributed by atoms with E-state index in [2.05, 4.69) is 6.92 Å². The summed E-state index contributed by atoms with van der Waals surface area (Å²) in [6, 6.07) is -0.0106. The number of carbonyl (C=O) groups is 3. The van der Waals surface area contributed by atoms with Gasteiger partial charge in [-0.2, -0.15) is 0 Å². The van der Waals surface area contributed by atoms with Crippen LogP contribution < -0.4 is 16.1 Å². The van der Waals surface area contributed by atoms with Crippen LogP contribution >= 0.6 is 11.6 Å². The minimum atomic E-state index is -1.61. The molecule has 1 saturated heterocycles. The Bertz CT molecular complexity index is 2120. The second kappa shape index (κ2) is 14.5. The van der Waals surface area contributed by atoms with Gasteiger partial charge in [-0.15, -0.1) is 0 Å². The minimum absolute atomic E-state index is 0.0539. The average Bonchev–Trinajstić information content (AvgIpc) is 3.95. The maximum Gasteiger partial charge on any atom is 0.341 e. The number of benzene rings is 1. The number of allylic oxidation sites excluding steroid dienone is 1. The van der Waals surface area contributed by atoms with Crippen molar-refractivity contribution >= 4 is 45.7 Å². The molecule has 4 saturated carbocycles. The van der Waals surface area contributed by atoms with Gasteiger partial charge in [-0.3, -0.25) is 14.4 Å². The van der Waals surface area contributed by atoms with Crippen LogP contribution in [0.4, 0.5) is 10.1 Å². The molecule has 6 N–H and O–H groups in total. The van der Waals surface area contributed by atoms with Crippen LogP contribution in [0.15, 0.2) is 16.4 Å². The number of carboxylic acids is 1. The Kier molecular flexibility index (Phi) is 10.7. The first-order chi connectivity index (χ1) is 26.6. The van der Waals surface area contributed by atoms with E-state index in [0.717, 1.165) is 57.8 Å². The van der Waals surface area contributed by atoms with Gasteiger partial charge in [-0.1, -0.05) is 37.4 Å². The van der Waals surface area contributed by atoms with Gasteiger partial charge in [0.15, 0.2) is 17.4 Å². The van der Waals surface area contributed by atoms with E-state index >= 15 is 4.39 Å². The van der Waals surface area contributed by atoms with Gasteiger partial charge < -0.3 is 35.6 Å². The Morgan fingerprint density at radius 1 is 1.04 bits per heavy atom. The van der Waals surface area contributed by atoms with Crippen LogP contribution in [0.3, 0.4) is 0 Å². The molecule has 0 bridgehead atoms. The van der Waals surface area contributed by atoms with Crippen molar-refractivity contribution in [3.05, 3.63) is 49.5 Å². The number of aliphatic hydroxyl groups excluding tert-OH is 1. The third kappa shape index (κ3) is 6.60. The van der Waals surface area contributed by atoms with E-state index in [1.165, 1.54) is 26.3 Å². The van der Waals surface area contributed by atoms with Crippen molar-refractivity contribution in [3.8, 4) is 0 Å². The highest BCUT2D eigenvalue weighted by Gasteiger charge is 2.69. The van der Waals surface area contributed by atoms with Crippen molar-refractivity contribution in [2.24, 2.45) is 34.3 Å². The summed E-state index contributed by atoms with van der Waals surface area (Å²) in [5.74, 6) is -1.81. The molecule has 0 amide bonds. The average molecular weight is 812 g/mol. The van der Waals surface area contributed by atoms with E-state index in [1.807, 2.05) is 22.5 Å². The molecule has 2 heterocycles. The number of rotatable bonds is 5. The van der Waals surface area contributed by atoms with Gasteiger partial charge in [-0.05, 0) is 121 Å². The Morgan fingerprint density at radius 2 is 1.72 bits per heavy atom. The standard InChI is InChI=1S/C23H34O5.C21H25ClFN3O3/c1-20(2,27)19(26)23(28)10-8-16-15-6-5-13-11-14(24)7-9-21(13,3)18(15)17(25)12-22(16,23)4;1-10-14-18(26(13-6-7-13)11(2)15(20(14)27)21(28)29)16(22)19(17(10)23)25-8-4-3-5-12(24)9-25/h11,15-18,25,27-28H,5-10,12H2,1-4H3;12-13H,3-9,24H2,1-2H3,(H,28,29)/t15-,16-,17-,18+,21-,22-,23-;12-/m01/s1. The third-order valence-corrected chi connectivity index (χ3v) is 15.5. The highest BCUT2D eigenvalue weighted by atomic mass is 35.5. The molecule has 8 rings (SSSR count). The molecule has 11 nitrogen and oxygen atoms in total. The van der Waals surface area contributed by atoms with Crippen molar-refractivity contribution in [1.82, 2.24) is 4.57 Å². The fourth-order valence-electron chi connectivity index (χ4n) is 12.1. The molecule has 0 unspecified atom stereocenters. The van der Waals surface area contributed by atoms with Crippen molar-refractivity contribution in [3.63, 3.8) is 0 Å². The molecule has 0 radical (unpaired) electrons. The zero-order chi connectivity index (χ0) is 41.7. The number of carboxylic acid groups (broad SMARTS) is 1. The van der Waals surface area contributed by atoms with E-state index in [9.17, 15) is 39.6 Å². The lowest BCUT2D eigenvalue weighted by molar-refractivity contribution is -0.190. The van der Waals surface area contributed by atoms with E-state index in [0.29, 0.717) is 43.6 Å². The van der Waals surface area contributed by atoms with Crippen LogP contribution in [-0.2, 0) is 9.59 Å². The third-order valence-electron chi connectivity index (χ3n) is 15.1. The summed E-state index contributed by atoms with van der Waals surface area (Å²) in [5, 5.41) is 43.0. The molecule has 1 aromatic heterocycles. The maximum absolute atomic E-state index is 15.5. The summed E-state index contributed by atoms with van der Waals surface area (Å²) < 4.78 is 17.4. The summed E-state index contributed by atoms with van der Waals surface area (Å²) in [4.78, 5) is 51.7. The van der Waals surface area contributed by atoms with Crippen LogP contribution in [0, 0.1) is 48.2 Å². The fraction of sp³-hybridized carbons (Fsp3) is 0.682. The number of fused-ring (bicyclic) bond motifs is 6. The Morgan fingerprint density at radius 3 is 2.35 bits per heavy atom. The topological polar surface area (TPSA) is 183 Å². The predicted molar refractivity (Wildman–Crippen MR) is 216 cm³/mol. The highest BCUT2D eigenvalue weighted by molar-refractivity contribution is 6.38. The van der Waals surface area contributed by atoms with Gasteiger partial charge >= 0.3 is 5.97 Å². The molecule has 1 aliphatic heterocycles. The van der Waals surface area contributed by atoms with Crippen LogP contribution in [0.1, 0.15) is 132 Å². The first kappa shape index (κ1) is 42.0. The van der Waals surface area contributed by atoms with Gasteiger partial charge in [0.1, 0.15) is 16.8 Å². The molecule has 57 heavy (non-hydrogen) atoms. The Labute approximate surface area is 338 Å². The maximum atomic E-state index is 15.5. The smallest absolute Gasteiger partial charge is 0.341 e. The number of hydrogen-bond donors (Lipinski definition) is 5. The number of nitrogens with two attached hydrogens (primary N) is 1. The monoisotopic (exact) mass is 811 g/mol. The molecule has 0 spiro atoms.